The average molecular weight is 413 g/mol. The Morgan fingerprint density at radius 3 is 2.69 bits per heavy atom. The summed E-state index contributed by atoms with van der Waals surface area (Å²) in [7, 11) is -3.26. The van der Waals surface area contributed by atoms with Crippen molar-refractivity contribution in [2.45, 2.75) is 24.5 Å². The van der Waals surface area contributed by atoms with E-state index in [1.807, 2.05) is 36.5 Å². The molecule has 3 heterocycles. The lowest BCUT2D eigenvalue weighted by Gasteiger charge is -2.29. The van der Waals surface area contributed by atoms with Gasteiger partial charge in [0, 0.05) is 47.6 Å². The molecule has 7 nitrogen and oxygen atoms in total. The predicted octanol–water partition coefficient (Wildman–Crippen LogP) is 2.89. The van der Waals surface area contributed by atoms with Crippen LogP contribution in [0.25, 0.3) is 22.3 Å². The molecule has 0 atom stereocenters. The lowest BCUT2D eigenvalue weighted by Crippen LogP contribution is -2.37. The summed E-state index contributed by atoms with van der Waals surface area (Å²) in [4.78, 5) is 15.0. The third kappa shape index (κ3) is 3.02. The highest BCUT2D eigenvalue weighted by Gasteiger charge is 2.56. The van der Waals surface area contributed by atoms with E-state index in [0.717, 1.165) is 35.4 Å². The Kier molecular flexibility index (Phi) is 4.36. The van der Waals surface area contributed by atoms with Crippen LogP contribution in [0.1, 0.15) is 25.5 Å². The Balaban J connectivity index is 1.70. The lowest BCUT2D eigenvalue weighted by atomic mass is 10.1. The normalized spacial score (nSPS) is 18.9. The Bertz CT molecular complexity index is 1160. The number of H-pyrrole nitrogens is 1. The first-order valence-corrected chi connectivity index (χ1v) is 11.7. The molecule has 2 fully saturated rings. The van der Waals surface area contributed by atoms with E-state index in [9.17, 15) is 8.42 Å². The number of aromatic nitrogens is 3. The fourth-order valence-electron chi connectivity index (χ4n) is 4.14. The number of fused-ring (bicyclic) bond motifs is 1. The smallest absolute Gasteiger partial charge is 0.162 e. The molecule has 1 aromatic carbocycles. The number of hydrogen-bond donors (Lipinski definition) is 1. The number of ether oxygens (including phenoxy) is 1. The van der Waals surface area contributed by atoms with E-state index in [-0.39, 0.29) is 5.75 Å². The van der Waals surface area contributed by atoms with Gasteiger partial charge in [-0.3, -0.25) is 0 Å². The van der Waals surface area contributed by atoms with Crippen molar-refractivity contribution < 1.29 is 13.2 Å². The molecule has 1 saturated carbocycles. The minimum atomic E-state index is -3.26. The first-order chi connectivity index (χ1) is 14.0. The molecule has 0 radical (unpaired) electrons. The molecule has 1 aliphatic heterocycles. The topological polar surface area (TPSA) is 88.2 Å². The van der Waals surface area contributed by atoms with Gasteiger partial charge in [0.25, 0.3) is 0 Å². The van der Waals surface area contributed by atoms with Gasteiger partial charge in [0.15, 0.2) is 15.7 Å². The SMILES string of the molecule is CCS(=O)(=O)C1(c2cc(N3CCOCC3)nc(-c3cccc4[nH]ccc34)n2)CC1. The van der Waals surface area contributed by atoms with E-state index in [4.69, 9.17) is 14.7 Å². The molecular formula is C21H24N4O3S. The zero-order valence-electron chi connectivity index (χ0n) is 16.4. The second-order valence-corrected chi connectivity index (χ2v) is 10.3. The van der Waals surface area contributed by atoms with Crippen LogP contribution in [0.5, 0.6) is 0 Å². The average Bonchev–Trinajstić information content (AvgIpc) is 3.45. The monoisotopic (exact) mass is 412 g/mol. The molecule has 0 amide bonds. The van der Waals surface area contributed by atoms with E-state index in [1.165, 1.54) is 0 Å². The van der Waals surface area contributed by atoms with E-state index in [2.05, 4.69) is 9.88 Å². The molecule has 2 aromatic heterocycles. The lowest BCUT2D eigenvalue weighted by molar-refractivity contribution is 0.122. The largest absolute Gasteiger partial charge is 0.378 e. The van der Waals surface area contributed by atoms with Crippen molar-refractivity contribution >= 4 is 26.6 Å². The third-order valence-electron chi connectivity index (χ3n) is 6.03. The summed E-state index contributed by atoms with van der Waals surface area (Å²) in [6, 6.07) is 9.85. The van der Waals surface area contributed by atoms with Gasteiger partial charge in [-0.15, -0.1) is 0 Å². The van der Waals surface area contributed by atoms with Crippen LogP contribution < -0.4 is 4.90 Å². The minimum absolute atomic E-state index is 0.118. The highest BCUT2D eigenvalue weighted by Crippen LogP contribution is 2.53. The number of aromatic amines is 1. The van der Waals surface area contributed by atoms with Gasteiger partial charge >= 0.3 is 0 Å². The summed E-state index contributed by atoms with van der Waals surface area (Å²) >= 11 is 0. The standard InChI is InChI=1S/C21H24N4O3S/c1-2-29(26,27)21(7-8-21)18-14-19(25-10-12-28-13-11-25)24-20(23-18)16-4-3-5-17-15(16)6-9-22-17/h3-6,9,14,22H,2,7-8,10-13H2,1H3. The molecule has 0 unspecified atom stereocenters. The van der Waals surface area contributed by atoms with Crippen LogP contribution in [0.15, 0.2) is 36.5 Å². The van der Waals surface area contributed by atoms with Gasteiger partial charge in [-0.05, 0) is 25.0 Å². The molecular weight excluding hydrogens is 388 g/mol. The van der Waals surface area contributed by atoms with Gasteiger partial charge in [0.1, 0.15) is 10.6 Å². The van der Waals surface area contributed by atoms with Crippen molar-refractivity contribution in [3.63, 3.8) is 0 Å². The van der Waals surface area contributed by atoms with Crippen molar-refractivity contribution in [2.24, 2.45) is 0 Å². The summed E-state index contributed by atoms with van der Waals surface area (Å²) in [6.07, 6.45) is 3.14. The Labute approximate surface area is 170 Å². The fraction of sp³-hybridized carbons (Fsp3) is 0.429. The Morgan fingerprint density at radius 1 is 1.17 bits per heavy atom. The second-order valence-electron chi connectivity index (χ2n) is 7.68. The zero-order valence-corrected chi connectivity index (χ0v) is 17.2. The van der Waals surface area contributed by atoms with Gasteiger partial charge in [-0.1, -0.05) is 19.1 Å². The molecule has 29 heavy (non-hydrogen) atoms. The summed E-state index contributed by atoms with van der Waals surface area (Å²) < 4.78 is 30.4. The molecule has 0 bridgehead atoms. The predicted molar refractivity (Wildman–Crippen MR) is 113 cm³/mol. The summed E-state index contributed by atoms with van der Waals surface area (Å²) in [5.74, 6) is 1.47. The van der Waals surface area contributed by atoms with Crippen molar-refractivity contribution in [2.75, 3.05) is 37.0 Å². The number of benzene rings is 1. The molecule has 2 aliphatic rings. The van der Waals surface area contributed by atoms with Crippen molar-refractivity contribution in [3.05, 3.63) is 42.2 Å². The number of sulfone groups is 1. The van der Waals surface area contributed by atoms with Gasteiger partial charge in [0.05, 0.1) is 18.9 Å². The molecule has 1 N–H and O–H groups in total. The third-order valence-corrected chi connectivity index (χ3v) is 8.60. The molecule has 5 rings (SSSR count). The molecule has 3 aromatic rings. The highest BCUT2D eigenvalue weighted by atomic mass is 32.2. The van der Waals surface area contributed by atoms with Gasteiger partial charge in [-0.25, -0.2) is 18.4 Å². The first kappa shape index (κ1) is 18.6. The van der Waals surface area contributed by atoms with Crippen LogP contribution in [-0.2, 0) is 19.3 Å². The highest BCUT2D eigenvalue weighted by molar-refractivity contribution is 7.92. The maximum atomic E-state index is 12.9. The maximum absolute atomic E-state index is 12.9. The van der Waals surface area contributed by atoms with E-state index in [1.54, 1.807) is 6.92 Å². The number of nitrogens with zero attached hydrogens (tertiary/aromatic N) is 3. The molecule has 152 valence electrons. The second kappa shape index (κ2) is 6.81. The Morgan fingerprint density at radius 2 is 1.97 bits per heavy atom. The fourth-order valence-corrected chi connectivity index (χ4v) is 5.84. The minimum Gasteiger partial charge on any atom is -0.378 e. The van der Waals surface area contributed by atoms with Crippen molar-refractivity contribution in [1.29, 1.82) is 0 Å². The van der Waals surface area contributed by atoms with Crippen molar-refractivity contribution in [1.82, 2.24) is 15.0 Å². The maximum Gasteiger partial charge on any atom is 0.162 e. The van der Waals surface area contributed by atoms with Gasteiger partial charge in [-0.2, -0.15) is 0 Å². The summed E-state index contributed by atoms with van der Waals surface area (Å²) in [5.41, 5.74) is 2.54. The summed E-state index contributed by atoms with van der Waals surface area (Å²) in [6.45, 7) is 4.46. The van der Waals surface area contributed by atoms with Crippen LogP contribution in [-0.4, -0.2) is 55.4 Å². The van der Waals surface area contributed by atoms with Crippen LogP contribution in [0, 0.1) is 0 Å². The number of anilines is 1. The quantitative estimate of drug-likeness (QED) is 0.693. The zero-order chi connectivity index (χ0) is 20.1. The van der Waals surface area contributed by atoms with E-state index < -0.39 is 14.6 Å². The molecule has 1 saturated heterocycles. The molecule has 8 heteroatoms. The first-order valence-electron chi connectivity index (χ1n) is 10.1. The van der Waals surface area contributed by atoms with Crippen LogP contribution in [0.3, 0.4) is 0 Å². The number of rotatable bonds is 5. The number of morpholine rings is 1. The molecule has 0 spiro atoms. The van der Waals surface area contributed by atoms with Crippen LogP contribution in [0.2, 0.25) is 0 Å². The van der Waals surface area contributed by atoms with Crippen molar-refractivity contribution in [3.8, 4) is 11.4 Å². The summed E-state index contributed by atoms with van der Waals surface area (Å²) in [5, 5.41) is 1.03. The number of hydrogen-bond acceptors (Lipinski definition) is 6. The van der Waals surface area contributed by atoms with Gasteiger partial charge < -0.3 is 14.6 Å². The van der Waals surface area contributed by atoms with E-state index in [0.29, 0.717) is 37.6 Å². The van der Waals surface area contributed by atoms with Crippen LogP contribution >= 0.6 is 0 Å². The van der Waals surface area contributed by atoms with Gasteiger partial charge in [0.2, 0.25) is 0 Å². The van der Waals surface area contributed by atoms with E-state index >= 15 is 0 Å². The number of nitrogens with one attached hydrogen (secondary N) is 1. The molecule has 1 aliphatic carbocycles. The van der Waals surface area contributed by atoms with Crippen LogP contribution in [0.4, 0.5) is 5.82 Å². The Hall–Kier alpha value is -2.45.